The number of piperazine rings is 1. The summed E-state index contributed by atoms with van der Waals surface area (Å²) in [5, 5.41) is 0. The van der Waals surface area contributed by atoms with Crippen molar-refractivity contribution in [3.63, 3.8) is 0 Å². The number of anilines is 1. The van der Waals surface area contributed by atoms with E-state index >= 15 is 0 Å². The van der Waals surface area contributed by atoms with Crippen molar-refractivity contribution in [1.82, 2.24) is 14.9 Å². The van der Waals surface area contributed by atoms with Crippen molar-refractivity contribution in [2.24, 2.45) is 5.73 Å². The average Bonchev–Trinajstić information content (AvgIpc) is 2.81. The van der Waals surface area contributed by atoms with Crippen molar-refractivity contribution in [3.8, 4) is 23.1 Å². The molecule has 2 atom stereocenters. The first-order chi connectivity index (χ1) is 16.0. The van der Waals surface area contributed by atoms with Crippen LogP contribution in [0.4, 0.5) is 5.95 Å². The number of carbonyl (C=O) groups excluding carboxylic acids is 2. The van der Waals surface area contributed by atoms with E-state index in [4.69, 9.17) is 15.2 Å². The molecule has 2 fully saturated rings. The number of benzene rings is 2. The van der Waals surface area contributed by atoms with Gasteiger partial charge in [0, 0.05) is 19.3 Å². The molecule has 2 N–H and O–H groups in total. The maximum atomic E-state index is 11.9. The third kappa shape index (κ3) is 3.84. The van der Waals surface area contributed by atoms with E-state index in [1.165, 1.54) is 12.3 Å². The van der Waals surface area contributed by atoms with Crippen LogP contribution in [0.1, 0.15) is 10.4 Å². The highest BCUT2D eigenvalue weighted by Gasteiger charge is 2.54. The van der Waals surface area contributed by atoms with Crippen LogP contribution in [-0.2, 0) is 4.79 Å². The van der Waals surface area contributed by atoms with Gasteiger partial charge in [-0.15, -0.1) is 0 Å². The molecule has 2 aromatic carbocycles. The number of ether oxygens (including phenoxy) is 2. The molecule has 0 radical (unpaired) electrons. The summed E-state index contributed by atoms with van der Waals surface area (Å²) in [7, 11) is 0. The number of hydrogen-bond donors (Lipinski definition) is 1. The number of nitrogens with zero attached hydrogens (tertiary/aromatic N) is 4. The predicted octanol–water partition coefficient (Wildman–Crippen LogP) is 2.75. The lowest BCUT2D eigenvalue weighted by Gasteiger charge is -2.61. The number of nitrogens with two attached hydrogens (primary N) is 1. The lowest BCUT2D eigenvalue weighted by atomic mass is 9.86. The van der Waals surface area contributed by atoms with Crippen molar-refractivity contribution >= 4 is 17.8 Å². The second-order valence-electron chi connectivity index (χ2n) is 7.72. The zero-order valence-electron chi connectivity index (χ0n) is 17.6. The molecule has 9 heteroatoms. The minimum Gasteiger partial charge on any atom is -0.457 e. The minimum absolute atomic E-state index is 0.0750. The van der Waals surface area contributed by atoms with Crippen LogP contribution in [0.25, 0.3) is 0 Å². The monoisotopic (exact) mass is 443 g/mol. The second-order valence-corrected chi connectivity index (χ2v) is 7.72. The molecule has 3 heterocycles. The Kier molecular flexibility index (Phi) is 5.14. The lowest BCUT2D eigenvalue weighted by Crippen LogP contribution is -2.80. The highest BCUT2D eigenvalue weighted by atomic mass is 16.5. The largest absolute Gasteiger partial charge is 0.457 e. The summed E-state index contributed by atoms with van der Waals surface area (Å²) in [6.45, 7) is 4.71. The number of carbonyl (C=O) groups is 2. The summed E-state index contributed by atoms with van der Waals surface area (Å²) in [5.41, 5.74) is 5.57. The number of aromatic nitrogens is 2. The predicted molar refractivity (Wildman–Crippen MR) is 120 cm³/mol. The van der Waals surface area contributed by atoms with Crippen LogP contribution in [0.2, 0.25) is 0 Å². The number of rotatable bonds is 7. The quantitative estimate of drug-likeness (QED) is 0.559. The molecule has 0 spiro atoms. The van der Waals surface area contributed by atoms with E-state index in [0.717, 1.165) is 5.75 Å². The fourth-order valence-corrected chi connectivity index (χ4v) is 3.91. The van der Waals surface area contributed by atoms with Crippen LogP contribution in [-0.4, -0.2) is 51.9 Å². The van der Waals surface area contributed by atoms with E-state index in [-0.39, 0.29) is 29.4 Å². The van der Waals surface area contributed by atoms with E-state index < -0.39 is 5.91 Å². The molecule has 166 valence electrons. The van der Waals surface area contributed by atoms with Gasteiger partial charge < -0.3 is 25.0 Å². The highest BCUT2D eigenvalue weighted by molar-refractivity contribution is 5.95. The van der Waals surface area contributed by atoms with Gasteiger partial charge in [-0.05, 0) is 42.5 Å². The summed E-state index contributed by atoms with van der Waals surface area (Å²) in [6, 6.07) is 16.6. The molecule has 0 saturated carbocycles. The van der Waals surface area contributed by atoms with E-state index in [9.17, 15) is 9.59 Å². The Balaban J connectivity index is 1.31. The number of likely N-dealkylation sites (tertiary alicyclic amines) is 1. The summed E-state index contributed by atoms with van der Waals surface area (Å²) in [4.78, 5) is 36.2. The Morgan fingerprint density at radius 2 is 1.64 bits per heavy atom. The fraction of sp³-hybridized carbons (Fsp3) is 0.167. The molecule has 3 aromatic rings. The average molecular weight is 443 g/mol. The topological polar surface area (TPSA) is 111 Å². The molecule has 0 aliphatic carbocycles. The molecule has 2 aliphatic rings. The smallest absolute Gasteiger partial charge is 0.255 e. The summed E-state index contributed by atoms with van der Waals surface area (Å²) in [5.74, 6) is 1.56. The van der Waals surface area contributed by atoms with Gasteiger partial charge in [0.05, 0.1) is 12.1 Å². The minimum atomic E-state index is -0.687. The maximum absolute atomic E-state index is 11.9. The Labute approximate surface area is 190 Å². The molecule has 2 amide bonds. The van der Waals surface area contributed by atoms with Gasteiger partial charge in [-0.1, -0.05) is 24.8 Å². The Morgan fingerprint density at radius 1 is 0.970 bits per heavy atom. The molecular weight excluding hydrogens is 422 g/mol. The summed E-state index contributed by atoms with van der Waals surface area (Å²) >= 11 is 0. The fourth-order valence-electron chi connectivity index (χ4n) is 3.91. The maximum Gasteiger partial charge on any atom is 0.255 e. The lowest BCUT2D eigenvalue weighted by molar-refractivity contribution is -0.138. The number of hydrogen-bond acceptors (Lipinski definition) is 7. The van der Waals surface area contributed by atoms with Crippen LogP contribution in [0.15, 0.2) is 73.4 Å². The van der Waals surface area contributed by atoms with Gasteiger partial charge in [-0.3, -0.25) is 9.59 Å². The summed E-state index contributed by atoms with van der Waals surface area (Å²) in [6.07, 6.45) is 2.69. The molecule has 5 rings (SSSR count). The molecular formula is C24H21N5O4. The molecule has 1 unspecified atom stereocenters. The van der Waals surface area contributed by atoms with E-state index in [1.54, 1.807) is 29.2 Å². The molecule has 0 bridgehead atoms. The van der Waals surface area contributed by atoms with Crippen LogP contribution in [0.5, 0.6) is 23.1 Å². The Hall–Kier alpha value is -4.40. The van der Waals surface area contributed by atoms with Crippen LogP contribution in [0.3, 0.4) is 0 Å². The Morgan fingerprint density at radius 3 is 2.24 bits per heavy atom. The van der Waals surface area contributed by atoms with Gasteiger partial charge >= 0.3 is 0 Å². The SMILES string of the molecule is C=CC(=O)N1C[C@@H]2C1CN2c1ncc(C(N)=O)c(Oc2ccc(Oc3ccccc3)cc2)n1. The van der Waals surface area contributed by atoms with Crippen LogP contribution in [0, 0.1) is 0 Å². The molecule has 2 saturated heterocycles. The number of primary amides is 1. The number of fused-ring (bicyclic) bond motifs is 1. The van der Waals surface area contributed by atoms with Gasteiger partial charge in [-0.2, -0.15) is 4.98 Å². The zero-order chi connectivity index (χ0) is 22.9. The van der Waals surface area contributed by atoms with Crippen LogP contribution < -0.4 is 20.1 Å². The van der Waals surface area contributed by atoms with E-state index in [2.05, 4.69) is 16.5 Å². The first-order valence-electron chi connectivity index (χ1n) is 10.4. The second kappa shape index (κ2) is 8.27. The molecule has 9 nitrogen and oxygen atoms in total. The van der Waals surface area contributed by atoms with Crippen molar-refractivity contribution in [2.45, 2.75) is 12.1 Å². The van der Waals surface area contributed by atoms with Crippen molar-refractivity contribution < 1.29 is 19.1 Å². The third-order valence-corrected chi connectivity index (χ3v) is 5.75. The molecule has 1 aromatic heterocycles. The van der Waals surface area contributed by atoms with Gasteiger partial charge in [0.25, 0.3) is 5.91 Å². The zero-order valence-corrected chi connectivity index (χ0v) is 17.6. The van der Waals surface area contributed by atoms with Gasteiger partial charge in [-0.25, -0.2) is 4.98 Å². The van der Waals surface area contributed by atoms with Crippen molar-refractivity contribution in [2.75, 3.05) is 18.0 Å². The molecule has 33 heavy (non-hydrogen) atoms. The third-order valence-electron chi connectivity index (χ3n) is 5.75. The Bertz CT molecular complexity index is 1220. The van der Waals surface area contributed by atoms with Crippen LogP contribution >= 0.6 is 0 Å². The highest BCUT2D eigenvalue weighted by Crippen LogP contribution is 2.37. The summed E-state index contributed by atoms with van der Waals surface area (Å²) < 4.78 is 11.7. The molecule has 2 aliphatic heterocycles. The van der Waals surface area contributed by atoms with Gasteiger partial charge in [0.2, 0.25) is 17.7 Å². The van der Waals surface area contributed by atoms with Gasteiger partial charge in [0.1, 0.15) is 22.8 Å². The number of amides is 2. The van der Waals surface area contributed by atoms with Gasteiger partial charge in [0.15, 0.2) is 0 Å². The number of para-hydroxylation sites is 1. The van der Waals surface area contributed by atoms with E-state index in [0.29, 0.717) is 30.5 Å². The normalized spacial score (nSPS) is 18.4. The standard InChI is InChI=1S/C24H21N5O4/c1-2-21(30)28-13-20-19(28)14-29(20)24-26-12-18(22(25)31)23(27-24)33-17-10-8-16(9-11-17)32-15-6-4-3-5-7-15/h2-12,19-20H,1,13-14H2,(H2,25,31)/t19?,20-/m1/s1. The van der Waals surface area contributed by atoms with Crippen molar-refractivity contribution in [1.29, 1.82) is 0 Å². The van der Waals surface area contributed by atoms with Crippen molar-refractivity contribution in [3.05, 3.63) is 79.0 Å². The first-order valence-corrected chi connectivity index (χ1v) is 10.4. The first kappa shape index (κ1) is 20.5. The van der Waals surface area contributed by atoms with E-state index in [1.807, 2.05) is 35.2 Å².